The summed E-state index contributed by atoms with van der Waals surface area (Å²) < 4.78 is 11.5. The van der Waals surface area contributed by atoms with Crippen molar-refractivity contribution in [2.75, 3.05) is 40.5 Å². The number of carbonyl (C=O) groups is 1. The second-order valence-corrected chi connectivity index (χ2v) is 3.76. The normalized spacial score (nSPS) is 10.6. The summed E-state index contributed by atoms with van der Waals surface area (Å²) in [5.41, 5.74) is 0. The molecule has 0 unspecified atom stereocenters. The van der Waals surface area contributed by atoms with E-state index in [-0.39, 0.29) is 12.3 Å². The molecular formula is C10H19N5O3. The van der Waals surface area contributed by atoms with Gasteiger partial charge in [-0.1, -0.05) is 0 Å². The fourth-order valence-corrected chi connectivity index (χ4v) is 1.41. The molecule has 0 radical (unpaired) electrons. The van der Waals surface area contributed by atoms with Crippen LogP contribution in [0.2, 0.25) is 0 Å². The van der Waals surface area contributed by atoms with Crippen molar-refractivity contribution in [1.82, 2.24) is 25.1 Å². The Morgan fingerprint density at radius 2 is 1.89 bits per heavy atom. The lowest BCUT2D eigenvalue weighted by atomic mass is 10.3. The summed E-state index contributed by atoms with van der Waals surface area (Å²) in [5.74, 6) is 0.502. The molecule has 0 N–H and O–H groups in total. The topological polar surface area (TPSA) is 82.4 Å². The number of aromatic nitrogens is 4. The lowest BCUT2D eigenvalue weighted by molar-refractivity contribution is -0.131. The maximum absolute atomic E-state index is 12.1. The predicted octanol–water partition coefficient (Wildman–Crippen LogP) is -1.13. The average molecular weight is 257 g/mol. The average Bonchev–Trinajstić information content (AvgIpc) is 2.75. The quantitative estimate of drug-likeness (QED) is 0.586. The molecule has 0 aliphatic rings. The third-order valence-corrected chi connectivity index (χ3v) is 2.50. The molecule has 102 valence electrons. The van der Waals surface area contributed by atoms with Crippen LogP contribution >= 0.6 is 0 Å². The number of rotatable bonds is 8. The van der Waals surface area contributed by atoms with Crippen molar-refractivity contribution < 1.29 is 14.3 Å². The van der Waals surface area contributed by atoms with Crippen molar-refractivity contribution in [3.8, 4) is 0 Å². The fraction of sp³-hybridized carbons (Fsp3) is 0.800. The molecule has 1 aromatic heterocycles. The number of aryl methyl sites for hydroxylation is 1. The van der Waals surface area contributed by atoms with Gasteiger partial charge in [0.05, 0.1) is 19.6 Å². The monoisotopic (exact) mass is 257 g/mol. The Hall–Kier alpha value is -1.54. The van der Waals surface area contributed by atoms with Gasteiger partial charge in [0.2, 0.25) is 5.91 Å². The Bertz CT molecular complexity index is 360. The summed E-state index contributed by atoms with van der Waals surface area (Å²) in [5, 5.41) is 11.0. The van der Waals surface area contributed by atoms with Gasteiger partial charge in [-0.3, -0.25) is 4.79 Å². The molecule has 1 rings (SSSR count). The molecule has 0 spiro atoms. The predicted molar refractivity (Wildman–Crippen MR) is 62.8 cm³/mol. The van der Waals surface area contributed by atoms with Crippen LogP contribution in [0.3, 0.4) is 0 Å². The van der Waals surface area contributed by atoms with Crippen LogP contribution in [0.15, 0.2) is 0 Å². The Balaban J connectivity index is 2.55. The largest absolute Gasteiger partial charge is 0.383 e. The van der Waals surface area contributed by atoms with Crippen molar-refractivity contribution in [2.24, 2.45) is 7.05 Å². The molecule has 0 atom stereocenters. The molecule has 0 bridgehead atoms. The van der Waals surface area contributed by atoms with Gasteiger partial charge in [-0.05, 0) is 10.4 Å². The van der Waals surface area contributed by atoms with Crippen molar-refractivity contribution in [3.05, 3.63) is 5.82 Å². The first-order chi connectivity index (χ1) is 8.69. The van der Waals surface area contributed by atoms with Crippen molar-refractivity contribution in [2.45, 2.75) is 6.42 Å². The van der Waals surface area contributed by atoms with Crippen LogP contribution in [0.25, 0.3) is 0 Å². The molecule has 0 saturated heterocycles. The van der Waals surface area contributed by atoms with E-state index in [0.717, 1.165) is 0 Å². The molecule has 0 fully saturated rings. The maximum atomic E-state index is 12.1. The van der Waals surface area contributed by atoms with E-state index in [1.807, 2.05) is 0 Å². The van der Waals surface area contributed by atoms with Gasteiger partial charge in [-0.2, -0.15) is 0 Å². The van der Waals surface area contributed by atoms with Crippen LogP contribution in [0, 0.1) is 0 Å². The molecule has 0 aliphatic heterocycles. The zero-order chi connectivity index (χ0) is 13.4. The summed E-state index contributed by atoms with van der Waals surface area (Å²) in [7, 11) is 4.91. The van der Waals surface area contributed by atoms with Crippen LogP contribution in [-0.4, -0.2) is 71.5 Å². The number of ether oxygens (including phenoxy) is 2. The van der Waals surface area contributed by atoms with E-state index in [0.29, 0.717) is 32.1 Å². The van der Waals surface area contributed by atoms with E-state index in [1.54, 1.807) is 26.2 Å². The van der Waals surface area contributed by atoms with E-state index in [9.17, 15) is 4.79 Å². The second-order valence-electron chi connectivity index (χ2n) is 3.76. The van der Waals surface area contributed by atoms with E-state index in [1.165, 1.54) is 4.68 Å². The van der Waals surface area contributed by atoms with E-state index >= 15 is 0 Å². The number of hydrogen-bond acceptors (Lipinski definition) is 6. The lowest BCUT2D eigenvalue weighted by Crippen LogP contribution is -2.37. The summed E-state index contributed by atoms with van der Waals surface area (Å²) in [4.78, 5) is 13.8. The molecule has 0 aromatic carbocycles. The first-order valence-corrected chi connectivity index (χ1v) is 5.66. The van der Waals surface area contributed by atoms with Crippen LogP contribution in [0.5, 0.6) is 0 Å². The summed E-state index contributed by atoms with van der Waals surface area (Å²) in [6.45, 7) is 2.05. The Morgan fingerprint density at radius 1 is 1.28 bits per heavy atom. The van der Waals surface area contributed by atoms with E-state index < -0.39 is 0 Å². The highest BCUT2D eigenvalue weighted by molar-refractivity contribution is 5.77. The van der Waals surface area contributed by atoms with Crippen LogP contribution < -0.4 is 0 Å². The van der Waals surface area contributed by atoms with Gasteiger partial charge >= 0.3 is 0 Å². The minimum Gasteiger partial charge on any atom is -0.383 e. The minimum absolute atomic E-state index is 0.0398. The van der Waals surface area contributed by atoms with Gasteiger partial charge in [0, 0.05) is 34.4 Å². The molecule has 1 heterocycles. The van der Waals surface area contributed by atoms with Gasteiger partial charge < -0.3 is 14.4 Å². The minimum atomic E-state index is -0.0398. The molecule has 0 saturated carbocycles. The maximum Gasteiger partial charge on any atom is 0.230 e. The van der Waals surface area contributed by atoms with Crippen LogP contribution in [-0.2, 0) is 27.7 Å². The second kappa shape index (κ2) is 7.72. The number of carbonyl (C=O) groups excluding carboxylic acids is 1. The molecule has 8 nitrogen and oxygen atoms in total. The number of nitrogens with zero attached hydrogens (tertiary/aromatic N) is 5. The van der Waals surface area contributed by atoms with Crippen molar-refractivity contribution >= 4 is 5.91 Å². The molecule has 0 aliphatic carbocycles. The molecule has 8 heteroatoms. The van der Waals surface area contributed by atoms with Crippen LogP contribution in [0.1, 0.15) is 5.82 Å². The molecular weight excluding hydrogens is 238 g/mol. The zero-order valence-electron chi connectivity index (χ0n) is 11.0. The standard InChI is InChI=1S/C10H19N5O3/c1-14-9(11-12-13-14)8-10(16)15(4-6-17-2)5-7-18-3/h4-8H2,1-3H3. The number of methoxy groups -OCH3 is 2. The van der Waals surface area contributed by atoms with Crippen LogP contribution in [0.4, 0.5) is 0 Å². The number of hydrogen-bond donors (Lipinski definition) is 0. The third-order valence-electron chi connectivity index (χ3n) is 2.50. The highest BCUT2D eigenvalue weighted by Crippen LogP contribution is 1.98. The smallest absolute Gasteiger partial charge is 0.230 e. The highest BCUT2D eigenvalue weighted by atomic mass is 16.5. The number of tetrazole rings is 1. The summed E-state index contributed by atoms with van der Waals surface area (Å²) >= 11 is 0. The van der Waals surface area contributed by atoms with Gasteiger partial charge in [0.1, 0.15) is 0 Å². The lowest BCUT2D eigenvalue weighted by Gasteiger charge is -2.21. The third kappa shape index (κ3) is 4.38. The first-order valence-electron chi connectivity index (χ1n) is 5.66. The van der Waals surface area contributed by atoms with Gasteiger partial charge in [-0.15, -0.1) is 5.10 Å². The SMILES string of the molecule is COCCN(CCOC)C(=O)Cc1nnnn1C. The Morgan fingerprint density at radius 3 is 2.33 bits per heavy atom. The first kappa shape index (κ1) is 14.5. The molecule has 1 aromatic rings. The van der Waals surface area contributed by atoms with Crippen molar-refractivity contribution in [3.63, 3.8) is 0 Å². The van der Waals surface area contributed by atoms with Crippen molar-refractivity contribution in [1.29, 1.82) is 0 Å². The van der Waals surface area contributed by atoms with Gasteiger partial charge in [0.25, 0.3) is 0 Å². The van der Waals surface area contributed by atoms with E-state index in [4.69, 9.17) is 9.47 Å². The summed E-state index contributed by atoms with van der Waals surface area (Å²) in [6, 6.07) is 0. The highest BCUT2D eigenvalue weighted by Gasteiger charge is 2.16. The fourth-order valence-electron chi connectivity index (χ4n) is 1.41. The van der Waals surface area contributed by atoms with Gasteiger partial charge in [0.15, 0.2) is 5.82 Å². The Labute approximate surface area is 106 Å². The van der Waals surface area contributed by atoms with E-state index in [2.05, 4.69) is 15.5 Å². The number of amides is 1. The molecule has 18 heavy (non-hydrogen) atoms. The molecule has 1 amide bonds. The Kier molecular flexibility index (Phi) is 6.23. The van der Waals surface area contributed by atoms with Gasteiger partial charge in [-0.25, -0.2) is 4.68 Å². The summed E-state index contributed by atoms with van der Waals surface area (Å²) in [6.07, 6.45) is 0.178. The zero-order valence-corrected chi connectivity index (χ0v) is 11.0.